The molecule has 0 saturated carbocycles. The summed E-state index contributed by atoms with van der Waals surface area (Å²) in [7, 11) is -4.33. The van der Waals surface area contributed by atoms with Crippen LogP contribution < -0.4 is 4.74 Å². The van der Waals surface area contributed by atoms with Crippen molar-refractivity contribution in [3.05, 3.63) is 64.7 Å². The molecule has 0 aromatic heterocycles. The first kappa shape index (κ1) is 20.3. The van der Waals surface area contributed by atoms with E-state index in [1.807, 2.05) is 19.1 Å². The van der Waals surface area contributed by atoms with Crippen molar-refractivity contribution in [1.82, 2.24) is 0 Å². The van der Waals surface area contributed by atoms with E-state index >= 15 is 0 Å². The van der Waals surface area contributed by atoms with Gasteiger partial charge in [0, 0.05) is 11.1 Å². The van der Waals surface area contributed by atoms with Crippen molar-refractivity contribution in [2.45, 2.75) is 31.7 Å². The highest BCUT2D eigenvalue weighted by atomic mass is 32.2. The lowest BCUT2D eigenvalue weighted by Crippen LogP contribution is -2.25. The van der Waals surface area contributed by atoms with Crippen molar-refractivity contribution in [2.75, 3.05) is 7.11 Å². The van der Waals surface area contributed by atoms with Gasteiger partial charge in [-0.25, -0.2) is 0 Å². The van der Waals surface area contributed by atoms with Gasteiger partial charge in [-0.15, -0.1) is 0 Å². The summed E-state index contributed by atoms with van der Waals surface area (Å²) in [5.41, 5.74) is -2.59. The Kier molecular flexibility index (Phi) is 5.43. The minimum absolute atomic E-state index is 0.276. The van der Waals surface area contributed by atoms with E-state index in [0.717, 1.165) is 5.56 Å². The molecule has 0 spiro atoms. The number of hydrogen-bond acceptors (Lipinski definition) is 4. The first-order valence-corrected chi connectivity index (χ1v) is 10.0. The van der Waals surface area contributed by atoms with Gasteiger partial charge in [0.15, 0.2) is 5.76 Å². The van der Waals surface area contributed by atoms with Crippen LogP contribution in [0.1, 0.15) is 35.1 Å². The Hall–Kier alpha value is -2.48. The van der Waals surface area contributed by atoms with Crippen LogP contribution in [-0.4, -0.2) is 21.0 Å². The van der Waals surface area contributed by atoms with Crippen LogP contribution in [0.2, 0.25) is 0 Å². The Morgan fingerprint density at radius 2 is 1.71 bits per heavy atom. The van der Waals surface area contributed by atoms with E-state index < -0.39 is 15.6 Å². The van der Waals surface area contributed by atoms with E-state index in [-0.39, 0.29) is 5.76 Å². The summed E-state index contributed by atoms with van der Waals surface area (Å²) in [5.74, 6) is 0.262. The third-order valence-corrected chi connectivity index (χ3v) is 5.60. The highest BCUT2D eigenvalue weighted by Crippen LogP contribution is 2.41. The standard InChI is InChI=1S/C20H19F3O4S/c1-13-6-3-4-8-16(13)18-9-5-7-14-12-15(26-2)10-11-17(14)19(18)27-28(24,25)20(21,22)23/h3-4,6,8,10-12H,5,7,9H2,1-2H3. The van der Waals surface area contributed by atoms with Crippen LogP contribution in [-0.2, 0) is 20.7 Å². The van der Waals surface area contributed by atoms with Crippen molar-refractivity contribution < 1.29 is 30.5 Å². The van der Waals surface area contributed by atoms with Gasteiger partial charge in [0.2, 0.25) is 0 Å². The third-order valence-electron chi connectivity index (χ3n) is 4.65. The van der Waals surface area contributed by atoms with Gasteiger partial charge in [-0.1, -0.05) is 24.3 Å². The van der Waals surface area contributed by atoms with Gasteiger partial charge in [-0.3, -0.25) is 0 Å². The quantitative estimate of drug-likeness (QED) is 0.519. The Morgan fingerprint density at radius 1 is 1.00 bits per heavy atom. The Balaban J connectivity index is 2.27. The first-order chi connectivity index (χ1) is 13.1. The number of fused-ring (bicyclic) bond motifs is 1. The molecule has 0 N–H and O–H groups in total. The molecule has 3 rings (SSSR count). The van der Waals surface area contributed by atoms with Crippen molar-refractivity contribution in [3.8, 4) is 5.75 Å². The average molecular weight is 412 g/mol. The predicted molar refractivity (Wildman–Crippen MR) is 100.0 cm³/mol. The molecule has 1 aliphatic carbocycles. The minimum atomic E-state index is -5.81. The predicted octanol–water partition coefficient (Wildman–Crippen LogP) is 5.07. The second-order valence-corrected chi connectivity index (χ2v) is 8.02. The second kappa shape index (κ2) is 7.50. The molecule has 0 fully saturated rings. The zero-order chi connectivity index (χ0) is 20.5. The maximum atomic E-state index is 13.0. The molecule has 0 saturated heterocycles. The van der Waals surface area contributed by atoms with Crippen molar-refractivity contribution in [1.29, 1.82) is 0 Å². The molecule has 0 atom stereocenters. The molecule has 0 heterocycles. The van der Waals surface area contributed by atoms with Gasteiger partial charge in [0.25, 0.3) is 0 Å². The van der Waals surface area contributed by atoms with E-state index in [9.17, 15) is 21.6 Å². The fourth-order valence-corrected chi connectivity index (χ4v) is 3.78. The van der Waals surface area contributed by atoms with Crippen molar-refractivity contribution in [2.24, 2.45) is 0 Å². The Labute approximate surface area is 161 Å². The lowest BCUT2D eigenvalue weighted by Gasteiger charge is -2.18. The number of aryl methyl sites for hydroxylation is 2. The SMILES string of the molecule is COc1ccc2c(c1)CCCC(c1ccccc1C)=C2OS(=O)(=O)C(F)(F)F. The van der Waals surface area contributed by atoms with Crippen LogP contribution >= 0.6 is 0 Å². The molecule has 150 valence electrons. The zero-order valence-electron chi connectivity index (χ0n) is 15.3. The van der Waals surface area contributed by atoms with Crippen LogP contribution in [0.4, 0.5) is 13.2 Å². The van der Waals surface area contributed by atoms with Crippen LogP contribution in [0.25, 0.3) is 11.3 Å². The number of halogens is 3. The zero-order valence-corrected chi connectivity index (χ0v) is 16.2. The van der Waals surface area contributed by atoms with Gasteiger partial charge in [0.05, 0.1) is 7.11 Å². The number of benzene rings is 2. The summed E-state index contributed by atoms with van der Waals surface area (Å²) in [5, 5.41) is 0. The molecular formula is C20H19F3O4S. The lowest BCUT2D eigenvalue weighted by atomic mass is 9.95. The summed E-state index contributed by atoms with van der Waals surface area (Å²) in [6.07, 6.45) is 1.56. The molecule has 2 aromatic carbocycles. The molecule has 1 aliphatic rings. The van der Waals surface area contributed by atoms with Gasteiger partial charge < -0.3 is 8.92 Å². The fourth-order valence-electron chi connectivity index (χ4n) is 3.28. The number of ether oxygens (including phenoxy) is 1. The van der Waals surface area contributed by atoms with Crippen LogP contribution in [0.5, 0.6) is 5.75 Å². The topological polar surface area (TPSA) is 52.6 Å². The summed E-state index contributed by atoms with van der Waals surface area (Å²) < 4.78 is 72.7. The summed E-state index contributed by atoms with van der Waals surface area (Å²) in [6.45, 7) is 1.82. The second-order valence-electron chi connectivity index (χ2n) is 6.48. The van der Waals surface area contributed by atoms with Crippen LogP contribution in [0.3, 0.4) is 0 Å². The van der Waals surface area contributed by atoms with Crippen molar-refractivity contribution in [3.63, 3.8) is 0 Å². The fraction of sp³-hybridized carbons (Fsp3) is 0.300. The van der Waals surface area contributed by atoms with Crippen LogP contribution in [0, 0.1) is 6.92 Å². The maximum absolute atomic E-state index is 13.0. The minimum Gasteiger partial charge on any atom is -0.497 e. The van der Waals surface area contributed by atoms with Crippen molar-refractivity contribution >= 4 is 21.5 Å². The molecule has 0 aliphatic heterocycles. The molecule has 0 unspecified atom stereocenters. The summed E-state index contributed by atoms with van der Waals surface area (Å²) in [4.78, 5) is 0. The van der Waals surface area contributed by atoms with Gasteiger partial charge in [0.1, 0.15) is 5.75 Å². The largest absolute Gasteiger partial charge is 0.534 e. The summed E-state index contributed by atoms with van der Waals surface area (Å²) in [6, 6.07) is 11.9. The molecule has 0 radical (unpaired) electrons. The Bertz CT molecular complexity index is 1020. The van der Waals surface area contributed by atoms with E-state index in [4.69, 9.17) is 8.92 Å². The smallest absolute Gasteiger partial charge is 0.497 e. The third kappa shape index (κ3) is 3.87. The monoisotopic (exact) mass is 412 g/mol. The van der Waals surface area contributed by atoms with Gasteiger partial charge >= 0.3 is 15.6 Å². The normalized spacial score (nSPS) is 15.0. The number of allylic oxidation sites excluding steroid dienone is 1. The highest BCUT2D eigenvalue weighted by molar-refractivity contribution is 7.87. The Morgan fingerprint density at radius 3 is 2.36 bits per heavy atom. The van der Waals surface area contributed by atoms with Crippen LogP contribution in [0.15, 0.2) is 42.5 Å². The molecule has 0 bridgehead atoms. The molecule has 28 heavy (non-hydrogen) atoms. The van der Waals surface area contributed by atoms with Gasteiger partial charge in [-0.05, 0) is 61.1 Å². The number of rotatable bonds is 4. The molecular weight excluding hydrogens is 393 g/mol. The summed E-state index contributed by atoms with van der Waals surface area (Å²) >= 11 is 0. The molecule has 0 amide bonds. The lowest BCUT2D eigenvalue weighted by molar-refractivity contribution is -0.0509. The van der Waals surface area contributed by atoms with Gasteiger partial charge in [-0.2, -0.15) is 21.6 Å². The number of alkyl halides is 3. The molecule has 2 aromatic rings. The van der Waals surface area contributed by atoms with E-state index in [1.165, 1.54) is 7.11 Å². The van der Waals surface area contributed by atoms with E-state index in [1.54, 1.807) is 30.3 Å². The van der Waals surface area contributed by atoms with E-state index in [2.05, 4.69) is 0 Å². The molecule has 8 heteroatoms. The average Bonchev–Trinajstić information content (AvgIpc) is 2.80. The first-order valence-electron chi connectivity index (χ1n) is 8.61. The highest BCUT2D eigenvalue weighted by Gasteiger charge is 2.49. The van der Waals surface area contributed by atoms with E-state index in [0.29, 0.717) is 47.3 Å². The number of methoxy groups -OCH3 is 1. The maximum Gasteiger partial charge on any atom is 0.534 e. The molecule has 4 nitrogen and oxygen atoms in total. The number of hydrogen-bond donors (Lipinski definition) is 0.